The fourth-order valence-corrected chi connectivity index (χ4v) is 3.85. The number of nitrogens with zero attached hydrogens (tertiary/aromatic N) is 1. The molecule has 0 aromatic carbocycles. The normalized spacial score (nSPS) is 20.4. The fourth-order valence-electron chi connectivity index (χ4n) is 2.49. The average molecular weight is 287 g/mol. The smallest absolute Gasteiger partial charge is 0.0934 e. The summed E-state index contributed by atoms with van der Waals surface area (Å²) in [6, 6.07) is 3.33. The lowest BCUT2D eigenvalue weighted by atomic mass is 10.2. The van der Waals surface area contributed by atoms with Gasteiger partial charge in [0.15, 0.2) is 0 Å². The number of hydrogen-bond acceptors (Lipinski definition) is 3. The van der Waals surface area contributed by atoms with Crippen molar-refractivity contribution in [1.82, 2.24) is 10.2 Å². The lowest BCUT2D eigenvalue weighted by Gasteiger charge is -2.24. The monoisotopic (exact) mass is 286 g/mol. The topological polar surface area (TPSA) is 15.3 Å². The highest BCUT2D eigenvalue weighted by Crippen LogP contribution is 2.39. The van der Waals surface area contributed by atoms with Crippen molar-refractivity contribution in [3.8, 4) is 0 Å². The molecule has 1 N–H and O–H groups in total. The van der Waals surface area contributed by atoms with E-state index in [4.69, 9.17) is 11.6 Å². The van der Waals surface area contributed by atoms with Crippen LogP contribution in [0, 0.1) is 0 Å². The van der Waals surface area contributed by atoms with E-state index < -0.39 is 0 Å². The first-order valence-electron chi connectivity index (χ1n) is 6.83. The van der Waals surface area contributed by atoms with Crippen molar-refractivity contribution in [3.63, 3.8) is 0 Å². The lowest BCUT2D eigenvalue weighted by Crippen LogP contribution is -2.35. The average Bonchev–Trinajstić information content (AvgIpc) is 2.88. The number of nitrogens with one attached hydrogen (secondary N) is 1. The van der Waals surface area contributed by atoms with Crippen LogP contribution in [-0.4, -0.2) is 31.1 Å². The highest BCUT2D eigenvalue weighted by molar-refractivity contribution is 7.16. The van der Waals surface area contributed by atoms with Gasteiger partial charge in [-0.15, -0.1) is 11.3 Å². The molecule has 2 rings (SSSR count). The summed E-state index contributed by atoms with van der Waals surface area (Å²) < 4.78 is 0.934. The molecule has 0 saturated heterocycles. The summed E-state index contributed by atoms with van der Waals surface area (Å²) >= 11 is 7.81. The summed E-state index contributed by atoms with van der Waals surface area (Å²) in [5.41, 5.74) is 1.44. The molecule has 0 aliphatic heterocycles. The highest BCUT2D eigenvalue weighted by atomic mass is 35.5. The minimum atomic E-state index is 0.522. The van der Waals surface area contributed by atoms with Crippen LogP contribution >= 0.6 is 22.9 Å². The van der Waals surface area contributed by atoms with E-state index in [1.54, 1.807) is 11.3 Å². The van der Waals surface area contributed by atoms with Crippen molar-refractivity contribution in [2.75, 3.05) is 20.1 Å². The molecule has 102 valence electrons. The largest absolute Gasteiger partial charge is 0.309 e. The summed E-state index contributed by atoms with van der Waals surface area (Å²) in [4.78, 5) is 3.90. The number of halogens is 1. The van der Waals surface area contributed by atoms with Gasteiger partial charge in [-0.1, -0.05) is 18.5 Å². The molecular formula is C14H23ClN2S. The molecule has 0 fully saturated rings. The highest BCUT2D eigenvalue weighted by Gasteiger charge is 2.24. The Balaban J connectivity index is 1.78. The second-order valence-electron chi connectivity index (χ2n) is 5.21. The first-order valence-corrected chi connectivity index (χ1v) is 8.03. The van der Waals surface area contributed by atoms with Crippen LogP contribution in [0.25, 0.3) is 0 Å². The fraction of sp³-hybridized carbons (Fsp3) is 0.714. The third kappa shape index (κ3) is 3.27. The molecule has 0 spiro atoms. The number of hydrogen-bond donors (Lipinski definition) is 1. The van der Waals surface area contributed by atoms with E-state index in [1.807, 2.05) is 0 Å². The van der Waals surface area contributed by atoms with Gasteiger partial charge in [-0.05, 0) is 44.9 Å². The summed E-state index contributed by atoms with van der Waals surface area (Å²) in [5.74, 6) is 0. The van der Waals surface area contributed by atoms with Crippen molar-refractivity contribution < 1.29 is 0 Å². The van der Waals surface area contributed by atoms with Gasteiger partial charge >= 0.3 is 0 Å². The molecule has 4 heteroatoms. The summed E-state index contributed by atoms with van der Waals surface area (Å²) in [6.45, 7) is 6.69. The molecule has 2 nitrogen and oxygen atoms in total. The molecule has 1 aliphatic rings. The Morgan fingerprint density at radius 1 is 1.61 bits per heavy atom. The minimum absolute atomic E-state index is 0.522. The standard InChI is InChI=1S/C14H23ClN2S/c1-4-10(2)17(3)8-7-16-12-5-6-13-11(12)9-14(15)18-13/h9-10,12,16H,4-8H2,1-3H3. The van der Waals surface area contributed by atoms with Gasteiger partial charge < -0.3 is 10.2 Å². The van der Waals surface area contributed by atoms with E-state index in [1.165, 1.54) is 29.7 Å². The van der Waals surface area contributed by atoms with Crippen molar-refractivity contribution in [1.29, 1.82) is 0 Å². The molecule has 0 amide bonds. The van der Waals surface area contributed by atoms with Gasteiger partial charge in [0.05, 0.1) is 4.34 Å². The summed E-state index contributed by atoms with van der Waals surface area (Å²) in [6.07, 6.45) is 3.63. The molecule has 1 aromatic heterocycles. The van der Waals surface area contributed by atoms with E-state index in [0.29, 0.717) is 12.1 Å². The Kier molecular flexibility index (Phi) is 5.07. The molecule has 1 aromatic rings. The van der Waals surface area contributed by atoms with Crippen LogP contribution in [-0.2, 0) is 6.42 Å². The van der Waals surface area contributed by atoms with Crippen LogP contribution in [0.5, 0.6) is 0 Å². The lowest BCUT2D eigenvalue weighted by molar-refractivity contribution is 0.248. The van der Waals surface area contributed by atoms with Crippen LogP contribution in [0.2, 0.25) is 4.34 Å². The first kappa shape index (κ1) is 14.3. The Bertz CT molecular complexity index is 391. The molecule has 1 aliphatic carbocycles. The van der Waals surface area contributed by atoms with Gasteiger partial charge in [0.2, 0.25) is 0 Å². The predicted molar refractivity (Wildman–Crippen MR) is 80.8 cm³/mol. The molecule has 2 atom stereocenters. The van der Waals surface area contributed by atoms with Gasteiger partial charge in [-0.3, -0.25) is 0 Å². The van der Waals surface area contributed by atoms with Crippen molar-refractivity contribution in [3.05, 3.63) is 20.8 Å². The van der Waals surface area contributed by atoms with Crippen LogP contribution in [0.1, 0.15) is 43.2 Å². The Morgan fingerprint density at radius 2 is 2.39 bits per heavy atom. The summed E-state index contributed by atoms with van der Waals surface area (Å²) in [7, 11) is 2.21. The Morgan fingerprint density at radius 3 is 3.11 bits per heavy atom. The number of thiophene rings is 1. The van der Waals surface area contributed by atoms with Gasteiger partial charge in [0.1, 0.15) is 0 Å². The second-order valence-corrected chi connectivity index (χ2v) is 6.98. The van der Waals surface area contributed by atoms with Crippen LogP contribution < -0.4 is 5.32 Å². The number of likely N-dealkylation sites (N-methyl/N-ethyl adjacent to an activating group) is 1. The molecule has 1 heterocycles. The van der Waals surface area contributed by atoms with Crippen LogP contribution in [0.4, 0.5) is 0 Å². The second kappa shape index (κ2) is 6.38. The van der Waals surface area contributed by atoms with Crippen molar-refractivity contribution in [2.24, 2.45) is 0 Å². The molecule has 0 radical (unpaired) electrons. The van der Waals surface area contributed by atoms with E-state index >= 15 is 0 Å². The quantitative estimate of drug-likeness (QED) is 0.858. The van der Waals surface area contributed by atoms with Gasteiger partial charge in [-0.25, -0.2) is 0 Å². The maximum absolute atomic E-state index is 6.07. The van der Waals surface area contributed by atoms with E-state index in [-0.39, 0.29) is 0 Å². The third-order valence-corrected chi connectivity index (χ3v) is 5.39. The first-order chi connectivity index (χ1) is 8.61. The molecule has 2 unspecified atom stereocenters. The number of rotatable bonds is 6. The van der Waals surface area contributed by atoms with Gasteiger partial charge in [-0.2, -0.15) is 0 Å². The van der Waals surface area contributed by atoms with Gasteiger partial charge in [0, 0.05) is 30.1 Å². The van der Waals surface area contributed by atoms with E-state index in [2.05, 4.69) is 37.2 Å². The van der Waals surface area contributed by atoms with E-state index in [0.717, 1.165) is 17.4 Å². The predicted octanol–water partition coefficient (Wildman–Crippen LogP) is 3.71. The SMILES string of the molecule is CCC(C)N(C)CCNC1CCc2sc(Cl)cc21. The Hall–Kier alpha value is -0.0900. The van der Waals surface area contributed by atoms with Crippen molar-refractivity contribution >= 4 is 22.9 Å². The van der Waals surface area contributed by atoms with E-state index in [9.17, 15) is 0 Å². The minimum Gasteiger partial charge on any atom is -0.309 e. The molecule has 0 saturated carbocycles. The molecule has 18 heavy (non-hydrogen) atoms. The molecular weight excluding hydrogens is 264 g/mol. The zero-order valence-corrected chi connectivity index (χ0v) is 13.1. The molecule has 0 bridgehead atoms. The number of aryl methyl sites for hydroxylation is 1. The van der Waals surface area contributed by atoms with Crippen LogP contribution in [0.15, 0.2) is 6.07 Å². The third-order valence-electron chi connectivity index (χ3n) is 4.05. The maximum Gasteiger partial charge on any atom is 0.0934 e. The zero-order chi connectivity index (χ0) is 13.1. The Labute approximate surface area is 119 Å². The van der Waals surface area contributed by atoms with Gasteiger partial charge in [0.25, 0.3) is 0 Å². The number of fused-ring (bicyclic) bond motifs is 1. The van der Waals surface area contributed by atoms with Crippen LogP contribution in [0.3, 0.4) is 0 Å². The van der Waals surface area contributed by atoms with Crippen molar-refractivity contribution in [2.45, 2.75) is 45.2 Å². The summed E-state index contributed by atoms with van der Waals surface area (Å²) in [5, 5.41) is 3.67. The zero-order valence-electron chi connectivity index (χ0n) is 11.5. The maximum atomic E-state index is 6.07.